The highest BCUT2D eigenvalue weighted by Gasteiger charge is 2.07. The van der Waals surface area contributed by atoms with Crippen LogP contribution in [0.5, 0.6) is 0 Å². The van der Waals surface area contributed by atoms with Crippen molar-refractivity contribution in [2.75, 3.05) is 0 Å². The Kier molecular flexibility index (Phi) is 2.13. The molecule has 0 aromatic carbocycles. The molecule has 0 spiro atoms. The number of thiophene rings is 1. The van der Waals surface area contributed by atoms with E-state index in [9.17, 15) is 0 Å². The highest BCUT2D eigenvalue weighted by molar-refractivity contribution is 7.16. The molecule has 0 radical (unpaired) electrons. The van der Waals surface area contributed by atoms with Gasteiger partial charge in [0.1, 0.15) is 4.83 Å². The Hall–Kier alpha value is -2.34. The standard InChI is InChI=1S/C13H9N5S/c1-18-7-10-4-9(6-15-12(10)17-18)11-14-5-8-2-3-19-13(8)16-11/h2-7H,1H3. The van der Waals surface area contributed by atoms with Gasteiger partial charge in [-0.05, 0) is 17.5 Å². The Morgan fingerprint density at radius 1 is 1.16 bits per heavy atom. The summed E-state index contributed by atoms with van der Waals surface area (Å²) in [5.41, 5.74) is 1.65. The van der Waals surface area contributed by atoms with Gasteiger partial charge < -0.3 is 0 Å². The Bertz CT molecular complexity index is 892. The molecule has 0 saturated carbocycles. The van der Waals surface area contributed by atoms with Crippen LogP contribution in [0, 0.1) is 0 Å². The van der Waals surface area contributed by atoms with Crippen LogP contribution < -0.4 is 0 Å². The van der Waals surface area contributed by atoms with Crippen LogP contribution >= 0.6 is 11.3 Å². The van der Waals surface area contributed by atoms with Gasteiger partial charge in [-0.3, -0.25) is 4.68 Å². The molecule has 4 rings (SSSR count). The highest BCUT2D eigenvalue weighted by Crippen LogP contribution is 2.23. The van der Waals surface area contributed by atoms with Crippen molar-refractivity contribution >= 4 is 32.6 Å². The van der Waals surface area contributed by atoms with Gasteiger partial charge in [0.05, 0.1) is 0 Å². The maximum absolute atomic E-state index is 4.56. The van der Waals surface area contributed by atoms with Crippen molar-refractivity contribution < 1.29 is 0 Å². The first-order valence-electron chi connectivity index (χ1n) is 5.80. The molecule has 4 aromatic heterocycles. The summed E-state index contributed by atoms with van der Waals surface area (Å²) in [6, 6.07) is 4.04. The summed E-state index contributed by atoms with van der Waals surface area (Å²) in [7, 11) is 1.88. The third-order valence-corrected chi connectivity index (χ3v) is 3.76. The second-order valence-corrected chi connectivity index (χ2v) is 5.21. The molecule has 0 bridgehead atoms. The van der Waals surface area contributed by atoms with Gasteiger partial charge in [0.25, 0.3) is 0 Å². The largest absolute Gasteiger partial charge is 0.273 e. The molecule has 92 valence electrons. The summed E-state index contributed by atoms with van der Waals surface area (Å²) in [4.78, 5) is 14.3. The van der Waals surface area contributed by atoms with Crippen molar-refractivity contribution in [3.8, 4) is 11.4 Å². The van der Waals surface area contributed by atoms with Gasteiger partial charge >= 0.3 is 0 Å². The Labute approximate surface area is 112 Å². The van der Waals surface area contributed by atoms with Crippen LogP contribution in [0.25, 0.3) is 32.6 Å². The zero-order valence-corrected chi connectivity index (χ0v) is 10.9. The number of hydrogen-bond acceptors (Lipinski definition) is 5. The first-order valence-corrected chi connectivity index (χ1v) is 6.67. The molecular weight excluding hydrogens is 258 g/mol. The smallest absolute Gasteiger partial charge is 0.181 e. The third kappa shape index (κ3) is 1.68. The molecule has 0 amide bonds. The summed E-state index contributed by atoms with van der Waals surface area (Å²) in [6.45, 7) is 0. The SMILES string of the molecule is Cn1cc2cc(-c3ncc4ccsc4n3)cnc2n1. The summed E-state index contributed by atoms with van der Waals surface area (Å²) in [5.74, 6) is 0.702. The fourth-order valence-electron chi connectivity index (χ4n) is 2.05. The van der Waals surface area contributed by atoms with Crippen LogP contribution in [-0.4, -0.2) is 24.7 Å². The van der Waals surface area contributed by atoms with Gasteiger partial charge in [-0.15, -0.1) is 11.3 Å². The van der Waals surface area contributed by atoms with Crippen molar-refractivity contribution in [2.24, 2.45) is 7.05 Å². The van der Waals surface area contributed by atoms with Crippen LogP contribution in [-0.2, 0) is 7.05 Å². The Morgan fingerprint density at radius 2 is 2.11 bits per heavy atom. The minimum Gasteiger partial charge on any atom is -0.273 e. The van der Waals surface area contributed by atoms with E-state index in [1.807, 2.05) is 37.0 Å². The van der Waals surface area contributed by atoms with E-state index in [-0.39, 0.29) is 0 Å². The molecule has 0 N–H and O–H groups in total. The number of nitrogens with zero attached hydrogens (tertiary/aromatic N) is 5. The number of pyridine rings is 1. The summed E-state index contributed by atoms with van der Waals surface area (Å²) in [5, 5.41) is 8.34. The molecule has 0 saturated heterocycles. The fraction of sp³-hybridized carbons (Fsp3) is 0.0769. The van der Waals surface area contributed by atoms with Crippen LogP contribution in [0.1, 0.15) is 0 Å². The van der Waals surface area contributed by atoms with E-state index in [1.165, 1.54) is 0 Å². The van der Waals surface area contributed by atoms with Crippen molar-refractivity contribution in [1.29, 1.82) is 0 Å². The minimum atomic E-state index is 0.702. The van der Waals surface area contributed by atoms with Crippen LogP contribution in [0.3, 0.4) is 0 Å². The fourth-order valence-corrected chi connectivity index (χ4v) is 2.79. The van der Waals surface area contributed by atoms with Crippen LogP contribution in [0.2, 0.25) is 0 Å². The molecule has 0 atom stereocenters. The second-order valence-electron chi connectivity index (χ2n) is 4.31. The maximum Gasteiger partial charge on any atom is 0.181 e. The van der Waals surface area contributed by atoms with Gasteiger partial charge in [-0.1, -0.05) is 0 Å². The van der Waals surface area contributed by atoms with E-state index >= 15 is 0 Å². The van der Waals surface area contributed by atoms with Crippen LogP contribution in [0.4, 0.5) is 0 Å². The average molecular weight is 267 g/mol. The predicted molar refractivity (Wildman–Crippen MR) is 74.9 cm³/mol. The summed E-state index contributed by atoms with van der Waals surface area (Å²) in [6.07, 6.45) is 5.56. The molecule has 4 aromatic rings. The number of hydrogen-bond donors (Lipinski definition) is 0. The lowest BCUT2D eigenvalue weighted by atomic mass is 10.2. The van der Waals surface area contributed by atoms with E-state index in [1.54, 1.807) is 22.2 Å². The molecule has 0 aliphatic heterocycles. The molecule has 0 aliphatic rings. The topological polar surface area (TPSA) is 56.5 Å². The predicted octanol–water partition coefficient (Wildman–Crippen LogP) is 2.64. The zero-order valence-electron chi connectivity index (χ0n) is 10.1. The lowest BCUT2D eigenvalue weighted by Gasteiger charge is -1.99. The maximum atomic E-state index is 4.56. The summed E-state index contributed by atoms with van der Waals surface area (Å²) < 4.78 is 1.75. The Morgan fingerprint density at radius 3 is 3.05 bits per heavy atom. The van der Waals surface area contributed by atoms with Crippen LogP contribution in [0.15, 0.2) is 36.1 Å². The third-order valence-electron chi connectivity index (χ3n) is 2.94. The van der Waals surface area contributed by atoms with Crippen molar-refractivity contribution in [2.45, 2.75) is 0 Å². The molecule has 0 aliphatic carbocycles. The molecule has 0 fully saturated rings. The van der Waals surface area contributed by atoms with Gasteiger partial charge in [0.2, 0.25) is 0 Å². The molecule has 0 unspecified atom stereocenters. The van der Waals surface area contributed by atoms with Crippen molar-refractivity contribution in [3.05, 3.63) is 36.1 Å². The number of aryl methyl sites for hydroxylation is 1. The van der Waals surface area contributed by atoms with E-state index in [4.69, 9.17) is 0 Å². The zero-order chi connectivity index (χ0) is 12.8. The lowest BCUT2D eigenvalue weighted by Crippen LogP contribution is -1.89. The molecule has 6 heteroatoms. The Balaban J connectivity index is 1.91. The highest BCUT2D eigenvalue weighted by atomic mass is 32.1. The average Bonchev–Trinajstić information content (AvgIpc) is 3.01. The van der Waals surface area contributed by atoms with E-state index < -0.39 is 0 Å². The second kappa shape index (κ2) is 3.83. The molecular formula is C13H9N5S. The first-order chi connectivity index (χ1) is 9.29. The minimum absolute atomic E-state index is 0.702. The van der Waals surface area contributed by atoms with E-state index in [0.29, 0.717) is 5.82 Å². The normalized spacial score (nSPS) is 11.4. The van der Waals surface area contributed by atoms with E-state index in [2.05, 4.69) is 20.1 Å². The first kappa shape index (κ1) is 10.6. The van der Waals surface area contributed by atoms with Gasteiger partial charge in [0, 0.05) is 42.0 Å². The van der Waals surface area contributed by atoms with Crippen molar-refractivity contribution in [1.82, 2.24) is 24.7 Å². The lowest BCUT2D eigenvalue weighted by molar-refractivity contribution is 0.776. The molecule has 19 heavy (non-hydrogen) atoms. The van der Waals surface area contributed by atoms with Gasteiger partial charge in [0.15, 0.2) is 11.5 Å². The molecule has 5 nitrogen and oxygen atoms in total. The molecule has 4 heterocycles. The summed E-state index contributed by atoms with van der Waals surface area (Å²) >= 11 is 1.62. The number of fused-ring (bicyclic) bond motifs is 2. The van der Waals surface area contributed by atoms with Crippen molar-refractivity contribution in [3.63, 3.8) is 0 Å². The van der Waals surface area contributed by atoms with E-state index in [0.717, 1.165) is 26.8 Å². The quantitative estimate of drug-likeness (QED) is 0.532. The monoisotopic (exact) mass is 267 g/mol. The van der Waals surface area contributed by atoms with Gasteiger partial charge in [-0.2, -0.15) is 5.10 Å². The van der Waals surface area contributed by atoms with Gasteiger partial charge in [-0.25, -0.2) is 15.0 Å². The number of aromatic nitrogens is 5. The number of rotatable bonds is 1.